The van der Waals surface area contributed by atoms with E-state index in [9.17, 15) is 13.2 Å². The van der Waals surface area contributed by atoms with Gasteiger partial charge in [0, 0.05) is 6.42 Å². The molecule has 7 heteroatoms. The number of aliphatic carboxylic acids is 1. The molecular weight excluding hydrogens is 380 g/mol. The largest absolute Gasteiger partial charge is 0.481 e. The second-order valence-electron chi connectivity index (χ2n) is 7.87. The number of carboxylic acids is 1. The fraction of sp³-hybridized carbons (Fsp3) is 0.571. The Morgan fingerprint density at radius 2 is 1.68 bits per heavy atom. The van der Waals surface area contributed by atoms with Crippen molar-refractivity contribution in [1.82, 2.24) is 0 Å². The third-order valence-corrected chi connectivity index (χ3v) is 7.84. The first-order valence-corrected chi connectivity index (χ1v) is 11.6. The Morgan fingerprint density at radius 1 is 1.00 bits per heavy atom. The summed E-state index contributed by atoms with van der Waals surface area (Å²) in [6.07, 6.45) is 7.44. The molecule has 1 aromatic rings. The maximum absolute atomic E-state index is 12.6. The smallest absolute Gasteiger partial charge is 0.303 e. The predicted molar refractivity (Wildman–Crippen MR) is 103 cm³/mol. The van der Waals surface area contributed by atoms with Gasteiger partial charge in [0.25, 0.3) is 0 Å². The van der Waals surface area contributed by atoms with Crippen LogP contribution in [0.2, 0.25) is 0 Å². The van der Waals surface area contributed by atoms with Crippen molar-refractivity contribution in [1.29, 1.82) is 0 Å². The molecule has 3 aliphatic heterocycles. The zero-order valence-electron chi connectivity index (χ0n) is 15.6. The topological polar surface area (TPSA) is 93.2 Å². The van der Waals surface area contributed by atoms with Crippen LogP contribution >= 0.6 is 0 Å². The van der Waals surface area contributed by atoms with Crippen LogP contribution in [0.4, 0.5) is 0 Å². The lowest BCUT2D eigenvalue weighted by Gasteiger charge is -2.25. The van der Waals surface area contributed by atoms with Crippen molar-refractivity contribution in [2.24, 2.45) is 11.8 Å². The Morgan fingerprint density at radius 3 is 2.39 bits per heavy atom. The number of hydrogen-bond donors (Lipinski definition) is 1. The minimum atomic E-state index is -3.30. The fourth-order valence-electron chi connectivity index (χ4n) is 4.64. The molecule has 3 heterocycles. The first-order valence-electron chi connectivity index (χ1n) is 9.93. The number of fused-ring (bicyclic) bond motifs is 5. The predicted octanol–water partition coefficient (Wildman–Crippen LogP) is 2.83. The molecule has 0 unspecified atom stereocenters. The van der Waals surface area contributed by atoms with Gasteiger partial charge in [-0.3, -0.25) is 4.79 Å². The van der Waals surface area contributed by atoms with Crippen molar-refractivity contribution in [3.05, 3.63) is 42.5 Å². The van der Waals surface area contributed by atoms with Crippen LogP contribution in [0.3, 0.4) is 0 Å². The molecule has 0 spiro atoms. The summed E-state index contributed by atoms with van der Waals surface area (Å²) in [5.74, 6) is -0.220. The highest BCUT2D eigenvalue weighted by Crippen LogP contribution is 2.55. The number of benzene rings is 1. The van der Waals surface area contributed by atoms with Gasteiger partial charge in [-0.05, 0) is 49.7 Å². The highest BCUT2D eigenvalue weighted by molar-refractivity contribution is 7.91. The van der Waals surface area contributed by atoms with Gasteiger partial charge >= 0.3 is 5.97 Å². The van der Waals surface area contributed by atoms with Crippen molar-refractivity contribution in [3.63, 3.8) is 0 Å². The summed E-state index contributed by atoms with van der Waals surface area (Å²) in [7, 11) is -3.30. The van der Waals surface area contributed by atoms with Crippen molar-refractivity contribution in [3.8, 4) is 0 Å². The highest BCUT2D eigenvalue weighted by atomic mass is 32.2. The fourth-order valence-corrected chi connectivity index (χ4v) is 6.03. The van der Waals surface area contributed by atoms with E-state index in [-0.39, 0.29) is 48.4 Å². The molecule has 152 valence electrons. The summed E-state index contributed by atoms with van der Waals surface area (Å²) in [4.78, 5) is 10.9. The summed E-state index contributed by atoms with van der Waals surface area (Å²) in [6, 6.07) is 8.59. The third kappa shape index (κ3) is 4.02. The average molecular weight is 407 g/mol. The highest BCUT2D eigenvalue weighted by Gasteiger charge is 2.68. The molecule has 2 bridgehead atoms. The average Bonchev–Trinajstić information content (AvgIpc) is 3.30. The lowest BCUT2D eigenvalue weighted by Crippen LogP contribution is -2.33. The Balaban J connectivity index is 1.35. The standard InChI is InChI=1S/C21H26O6S/c22-17(23)11-7-2-1-6-10-15-16(19-21-20(27-21)18(15)26-19)12-13-28(24,25)14-8-4-3-5-9-14/h1,3-6,8-9,15-16,18-21H,2,7,10-13H2,(H,22,23)/t15-,16+,18+,19-,20-,21+/m0/s1. The molecule has 4 rings (SSSR count). The second kappa shape index (κ2) is 7.97. The van der Waals surface area contributed by atoms with Gasteiger partial charge < -0.3 is 14.6 Å². The molecule has 3 aliphatic rings. The number of rotatable bonds is 10. The molecule has 0 radical (unpaired) electrons. The van der Waals surface area contributed by atoms with Gasteiger partial charge in [0.15, 0.2) is 9.84 Å². The van der Waals surface area contributed by atoms with Crippen molar-refractivity contribution in [2.45, 2.75) is 61.4 Å². The van der Waals surface area contributed by atoms with E-state index in [2.05, 4.69) is 6.08 Å². The van der Waals surface area contributed by atoms with E-state index >= 15 is 0 Å². The summed E-state index contributed by atoms with van der Waals surface area (Å²) >= 11 is 0. The first kappa shape index (κ1) is 19.6. The number of ether oxygens (including phenoxy) is 2. The lowest BCUT2D eigenvalue weighted by molar-refractivity contribution is -0.137. The van der Waals surface area contributed by atoms with Crippen molar-refractivity contribution in [2.75, 3.05) is 5.75 Å². The van der Waals surface area contributed by atoms with Crippen molar-refractivity contribution >= 4 is 15.8 Å². The quantitative estimate of drug-likeness (QED) is 0.365. The van der Waals surface area contributed by atoms with Gasteiger partial charge in [0.1, 0.15) is 12.2 Å². The minimum Gasteiger partial charge on any atom is -0.481 e. The Bertz CT molecular complexity index is 834. The van der Waals surface area contributed by atoms with Gasteiger partial charge in [0.2, 0.25) is 0 Å². The van der Waals surface area contributed by atoms with Crippen LogP contribution < -0.4 is 0 Å². The number of unbranched alkanes of at least 4 members (excludes halogenated alkanes) is 1. The zero-order chi connectivity index (χ0) is 19.7. The van der Waals surface area contributed by atoms with Crippen LogP contribution in [0.25, 0.3) is 0 Å². The third-order valence-electron chi connectivity index (χ3n) is 6.08. The molecule has 0 saturated carbocycles. The van der Waals surface area contributed by atoms with Crippen LogP contribution in [0.5, 0.6) is 0 Å². The molecule has 0 aromatic heterocycles. The van der Waals surface area contributed by atoms with E-state index in [1.807, 2.05) is 12.1 Å². The van der Waals surface area contributed by atoms with Gasteiger partial charge in [-0.1, -0.05) is 30.4 Å². The van der Waals surface area contributed by atoms with E-state index in [1.165, 1.54) is 0 Å². The minimum absolute atomic E-state index is 0.00591. The van der Waals surface area contributed by atoms with Crippen LogP contribution in [0.15, 0.2) is 47.4 Å². The van der Waals surface area contributed by atoms with Gasteiger partial charge in [0.05, 0.1) is 22.9 Å². The summed E-state index contributed by atoms with van der Waals surface area (Å²) in [5.41, 5.74) is 0. The molecule has 1 aromatic carbocycles. The SMILES string of the molecule is O=C(O)CCCC=CC[C@H]1[C@@H](CCS(=O)(=O)c2ccccc2)[C@@H]2O[C@H]1[C@@H]1O[C@@H]12. The number of carboxylic acid groups (broad SMARTS) is 1. The van der Waals surface area contributed by atoms with E-state index in [0.29, 0.717) is 17.7 Å². The van der Waals surface area contributed by atoms with E-state index in [1.54, 1.807) is 24.3 Å². The molecule has 6 nitrogen and oxygen atoms in total. The van der Waals surface area contributed by atoms with Crippen molar-refractivity contribution < 1.29 is 27.8 Å². The zero-order valence-corrected chi connectivity index (χ0v) is 16.5. The monoisotopic (exact) mass is 406 g/mol. The second-order valence-corrected chi connectivity index (χ2v) is 9.98. The Labute approximate surface area is 165 Å². The lowest BCUT2D eigenvalue weighted by atomic mass is 9.76. The molecule has 3 saturated heterocycles. The number of epoxide rings is 1. The molecular formula is C21H26O6S. The van der Waals surface area contributed by atoms with Crippen LogP contribution in [-0.2, 0) is 24.1 Å². The number of sulfone groups is 1. The van der Waals surface area contributed by atoms with Gasteiger partial charge in [-0.2, -0.15) is 0 Å². The maximum Gasteiger partial charge on any atom is 0.303 e. The van der Waals surface area contributed by atoms with E-state index < -0.39 is 15.8 Å². The number of hydrogen-bond acceptors (Lipinski definition) is 5. The molecule has 28 heavy (non-hydrogen) atoms. The van der Waals surface area contributed by atoms with E-state index in [4.69, 9.17) is 14.6 Å². The number of carbonyl (C=O) groups is 1. The van der Waals surface area contributed by atoms with Crippen LogP contribution in [-0.4, -0.2) is 49.7 Å². The molecule has 1 N–H and O–H groups in total. The van der Waals surface area contributed by atoms with E-state index in [0.717, 1.165) is 12.8 Å². The van der Waals surface area contributed by atoms with Gasteiger partial charge in [-0.15, -0.1) is 0 Å². The maximum atomic E-state index is 12.6. The van der Waals surface area contributed by atoms with Crippen LogP contribution in [0, 0.1) is 11.8 Å². The Kier molecular flexibility index (Phi) is 5.58. The first-order chi connectivity index (χ1) is 13.5. The number of allylic oxidation sites excluding steroid dienone is 2. The van der Waals surface area contributed by atoms with Crippen LogP contribution in [0.1, 0.15) is 32.1 Å². The Hall–Kier alpha value is -1.70. The molecule has 3 fully saturated rings. The normalized spacial score (nSPS) is 33.3. The summed E-state index contributed by atoms with van der Waals surface area (Å²) < 4.78 is 37.1. The van der Waals surface area contributed by atoms with Gasteiger partial charge in [-0.25, -0.2) is 8.42 Å². The molecule has 6 atom stereocenters. The molecule has 0 amide bonds. The summed E-state index contributed by atoms with van der Waals surface area (Å²) in [6.45, 7) is 0. The molecule has 0 aliphatic carbocycles. The summed E-state index contributed by atoms with van der Waals surface area (Å²) in [5, 5.41) is 8.69.